The first-order valence-corrected chi connectivity index (χ1v) is 12.1. The zero-order chi connectivity index (χ0) is 25.2. The van der Waals surface area contributed by atoms with Crippen LogP contribution in [0.1, 0.15) is 48.8 Å². The third kappa shape index (κ3) is 3.83. The highest BCUT2D eigenvalue weighted by Gasteiger charge is 2.66. The molecular formula is C24H22ClF5N6. The van der Waals surface area contributed by atoms with Crippen molar-refractivity contribution in [3.63, 3.8) is 0 Å². The average molecular weight is 525 g/mol. The molecule has 1 aromatic carbocycles. The van der Waals surface area contributed by atoms with Gasteiger partial charge in [-0.2, -0.15) is 13.2 Å². The molecule has 1 saturated carbocycles. The topological polar surface area (TPSA) is 50.1 Å². The minimum absolute atomic E-state index is 0.0162. The van der Waals surface area contributed by atoms with Crippen LogP contribution in [0.5, 0.6) is 0 Å². The fourth-order valence-corrected chi connectivity index (χ4v) is 5.68. The molecule has 0 amide bonds. The van der Waals surface area contributed by atoms with Crippen molar-refractivity contribution in [2.75, 3.05) is 18.0 Å². The van der Waals surface area contributed by atoms with Crippen LogP contribution in [-0.2, 0) is 13.1 Å². The number of hydrogen-bond acceptors (Lipinski definition) is 5. The maximum Gasteiger partial charge on any atom is 0.406 e. The van der Waals surface area contributed by atoms with Crippen molar-refractivity contribution in [3.8, 4) is 5.69 Å². The molecule has 0 N–H and O–H groups in total. The Kier molecular flexibility index (Phi) is 5.49. The summed E-state index contributed by atoms with van der Waals surface area (Å²) < 4.78 is 71.4. The van der Waals surface area contributed by atoms with Gasteiger partial charge in [-0.1, -0.05) is 11.6 Å². The van der Waals surface area contributed by atoms with Gasteiger partial charge >= 0.3 is 6.18 Å². The molecule has 36 heavy (non-hydrogen) atoms. The zero-order valence-electron chi connectivity index (χ0n) is 19.1. The van der Waals surface area contributed by atoms with Crippen molar-refractivity contribution in [2.24, 2.45) is 0 Å². The molecule has 1 saturated heterocycles. The lowest BCUT2D eigenvalue weighted by atomic mass is 9.95. The molecule has 4 heterocycles. The summed E-state index contributed by atoms with van der Waals surface area (Å²) in [5.41, 5.74) is -0.442. The quantitative estimate of drug-likeness (QED) is 0.430. The van der Waals surface area contributed by atoms with Crippen LogP contribution in [0.4, 0.5) is 27.8 Å². The lowest BCUT2D eigenvalue weighted by Gasteiger charge is -2.32. The van der Waals surface area contributed by atoms with Gasteiger partial charge in [0.25, 0.3) is 0 Å². The molecule has 2 fully saturated rings. The van der Waals surface area contributed by atoms with E-state index in [9.17, 15) is 22.0 Å². The number of rotatable bonds is 3. The van der Waals surface area contributed by atoms with Gasteiger partial charge in [-0.05, 0) is 49.4 Å². The zero-order valence-corrected chi connectivity index (χ0v) is 19.8. The minimum atomic E-state index is -4.35. The molecule has 190 valence electrons. The number of piperidine rings is 1. The van der Waals surface area contributed by atoms with Crippen molar-refractivity contribution in [3.05, 3.63) is 64.3 Å². The maximum atomic E-state index is 14.2. The highest BCUT2D eigenvalue weighted by Crippen LogP contribution is 2.55. The third-order valence-electron chi connectivity index (χ3n) is 7.54. The van der Waals surface area contributed by atoms with E-state index < -0.39 is 23.3 Å². The molecule has 6 rings (SSSR count). The Morgan fingerprint density at radius 1 is 1.00 bits per heavy atom. The Hall–Kier alpha value is -2.79. The molecule has 3 aromatic rings. The van der Waals surface area contributed by atoms with Gasteiger partial charge in [0.05, 0.1) is 18.4 Å². The van der Waals surface area contributed by atoms with Gasteiger partial charge in [-0.15, -0.1) is 10.2 Å². The smallest absolute Gasteiger partial charge is 0.354 e. The van der Waals surface area contributed by atoms with Crippen LogP contribution in [0.2, 0.25) is 5.02 Å². The van der Waals surface area contributed by atoms with E-state index in [1.807, 2.05) is 4.57 Å². The van der Waals surface area contributed by atoms with Gasteiger partial charge in [-0.3, -0.25) is 9.47 Å². The maximum absolute atomic E-state index is 14.2. The Labute approximate surface area is 208 Å². The summed E-state index contributed by atoms with van der Waals surface area (Å²) >= 11 is 6.24. The summed E-state index contributed by atoms with van der Waals surface area (Å²) in [6.07, 6.45) is -2.03. The summed E-state index contributed by atoms with van der Waals surface area (Å²) in [5.74, 6) is -0.265. The van der Waals surface area contributed by atoms with Crippen LogP contribution in [0.3, 0.4) is 0 Å². The van der Waals surface area contributed by atoms with E-state index >= 15 is 0 Å². The Balaban J connectivity index is 1.32. The van der Waals surface area contributed by atoms with Gasteiger partial charge in [0.1, 0.15) is 17.2 Å². The molecule has 0 unspecified atom stereocenters. The lowest BCUT2D eigenvalue weighted by molar-refractivity contribution is -0.200. The van der Waals surface area contributed by atoms with Crippen molar-refractivity contribution in [2.45, 2.75) is 56.4 Å². The van der Waals surface area contributed by atoms with Gasteiger partial charge < -0.3 is 4.90 Å². The van der Waals surface area contributed by atoms with Gasteiger partial charge in [0, 0.05) is 36.6 Å². The van der Waals surface area contributed by atoms with Crippen molar-refractivity contribution in [1.82, 2.24) is 24.6 Å². The standard InChI is InChI=1S/C24H22ClF5N6/c25-16-1-2-19-15(9-16)12-35(23(5-6-23)24(28,29)30)13-20-32-33-21(36(19)20)14-3-7-34(8-4-14)22-18(27)10-17(26)11-31-22/h1-2,9-11,14H,3-8,12-13H2. The highest BCUT2D eigenvalue weighted by atomic mass is 35.5. The second-order valence-corrected chi connectivity index (χ2v) is 10.1. The minimum Gasteiger partial charge on any atom is -0.354 e. The van der Waals surface area contributed by atoms with E-state index in [2.05, 4.69) is 15.2 Å². The Morgan fingerprint density at radius 2 is 1.75 bits per heavy atom. The molecular weight excluding hydrogens is 503 g/mol. The van der Waals surface area contributed by atoms with Crippen LogP contribution in [0, 0.1) is 11.6 Å². The molecule has 2 aliphatic heterocycles. The van der Waals surface area contributed by atoms with E-state index in [0.717, 1.165) is 18.0 Å². The number of anilines is 1. The average Bonchev–Trinajstić information content (AvgIpc) is 3.58. The fourth-order valence-electron chi connectivity index (χ4n) is 5.48. The number of fused-ring (bicyclic) bond motifs is 3. The molecule has 0 spiro atoms. The largest absolute Gasteiger partial charge is 0.406 e. The molecule has 6 nitrogen and oxygen atoms in total. The molecule has 12 heteroatoms. The first-order valence-electron chi connectivity index (χ1n) is 11.8. The normalized spacial score (nSPS) is 20.1. The molecule has 1 aliphatic carbocycles. The van der Waals surface area contributed by atoms with Gasteiger partial charge in [0.15, 0.2) is 17.5 Å². The second-order valence-electron chi connectivity index (χ2n) is 9.69. The van der Waals surface area contributed by atoms with Crippen LogP contribution < -0.4 is 4.90 Å². The lowest BCUT2D eigenvalue weighted by Crippen LogP contribution is -2.47. The number of aromatic nitrogens is 4. The number of nitrogens with zero attached hydrogens (tertiary/aromatic N) is 6. The summed E-state index contributed by atoms with van der Waals surface area (Å²) in [7, 11) is 0. The molecule has 0 radical (unpaired) electrons. The van der Waals surface area contributed by atoms with Crippen molar-refractivity contribution in [1.29, 1.82) is 0 Å². The first kappa shape index (κ1) is 23.6. The Morgan fingerprint density at radius 3 is 2.42 bits per heavy atom. The summed E-state index contributed by atoms with van der Waals surface area (Å²) in [6.45, 7) is 1.06. The van der Waals surface area contributed by atoms with Crippen LogP contribution in [0.15, 0.2) is 30.5 Å². The second kappa shape index (κ2) is 8.37. The van der Waals surface area contributed by atoms with E-state index in [-0.39, 0.29) is 37.7 Å². The van der Waals surface area contributed by atoms with Crippen molar-refractivity contribution >= 4 is 17.4 Å². The number of benzene rings is 1. The SMILES string of the molecule is Fc1cnc(N2CCC(c3nnc4n3-c3ccc(Cl)cc3CN(C3(C(F)(F)F)CC3)C4)CC2)c(F)c1. The van der Waals surface area contributed by atoms with Gasteiger partial charge in [0.2, 0.25) is 0 Å². The van der Waals surface area contributed by atoms with E-state index in [1.54, 1.807) is 23.1 Å². The third-order valence-corrected chi connectivity index (χ3v) is 7.77. The summed E-state index contributed by atoms with van der Waals surface area (Å²) in [6, 6.07) is 6.04. The number of hydrogen-bond donors (Lipinski definition) is 0. The fraction of sp³-hybridized carbons (Fsp3) is 0.458. The highest BCUT2D eigenvalue weighted by molar-refractivity contribution is 6.30. The summed E-state index contributed by atoms with van der Waals surface area (Å²) in [5, 5.41) is 9.21. The van der Waals surface area contributed by atoms with E-state index in [4.69, 9.17) is 11.6 Å². The molecule has 0 bridgehead atoms. The Bertz CT molecular complexity index is 1310. The van der Waals surface area contributed by atoms with Crippen LogP contribution in [-0.4, -0.2) is 49.5 Å². The molecule has 2 aromatic heterocycles. The van der Waals surface area contributed by atoms with Crippen LogP contribution >= 0.6 is 11.6 Å². The van der Waals surface area contributed by atoms with Crippen LogP contribution in [0.25, 0.3) is 5.69 Å². The first-order chi connectivity index (χ1) is 17.2. The number of pyridine rings is 1. The predicted octanol–water partition coefficient (Wildman–Crippen LogP) is 5.39. The summed E-state index contributed by atoms with van der Waals surface area (Å²) in [4.78, 5) is 7.11. The predicted molar refractivity (Wildman–Crippen MR) is 122 cm³/mol. The van der Waals surface area contributed by atoms with E-state index in [1.165, 1.54) is 4.90 Å². The van der Waals surface area contributed by atoms with E-state index in [0.29, 0.717) is 48.2 Å². The molecule has 3 aliphatic rings. The van der Waals surface area contributed by atoms with Gasteiger partial charge in [-0.25, -0.2) is 13.8 Å². The van der Waals surface area contributed by atoms with Crippen molar-refractivity contribution < 1.29 is 22.0 Å². The molecule has 0 atom stereocenters. The monoisotopic (exact) mass is 524 g/mol. The number of halogens is 6. The number of alkyl halides is 3.